The summed E-state index contributed by atoms with van der Waals surface area (Å²) >= 11 is 0. The van der Waals surface area contributed by atoms with E-state index in [1.54, 1.807) is 37.3 Å². The number of carbonyl (C=O) groups excluding carboxylic acids is 2. The van der Waals surface area contributed by atoms with Crippen molar-refractivity contribution in [2.45, 2.75) is 6.92 Å². The number of esters is 1. The molecule has 2 aromatic rings. The molecule has 7 heteroatoms. The fraction of sp³-hybridized carbons (Fsp3) is 0.167. The molecule has 1 aromatic heterocycles. The molecule has 2 rings (SSSR count). The number of hydrogen-bond donors (Lipinski definition) is 0. The first-order valence-electron chi connectivity index (χ1n) is 5.51. The molecule has 0 N–H and O–H groups in total. The quantitative estimate of drug-likeness (QED) is 0.327. The molecule has 0 saturated heterocycles. The molecule has 7 nitrogen and oxygen atoms in total. The third-order valence-corrected chi connectivity index (χ3v) is 2.29. The average Bonchev–Trinajstić information content (AvgIpc) is 2.81. The lowest BCUT2D eigenvalue weighted by Gasteiger charge is -1.98. The summed E-state index contributed by atoms with van der Waals surface area (Å²) in [4.78, 5) is 23.2. The first kappa shape index (κ1) is 12.7. The minimum absolute atomic E-state index is 0.0371. The molecule has 0 spiro atoms. The van der Waals surface area contributed by atoms with Gasteiger partial charge in [0.05, 0.1) is 11.9 Å². The van der Waals surface area contributed by atoms with E-state index in [0.29, 0.717) is 5.69 Å². The zero-order valence-corrected chi connectivity index (χ0v) is 10.0. The summed E-state index contributed by atoms with van der Waals surface area (Å²) in [6.45, 7) is 1.59. The maximum absolute atomic E-state index is 11.8. The Morgan fingerprint density at radius 3 is 2.68 bits per heavy atom. The standard InChI is InChI=1S/C12H10N2O5/c1-2-18-12(17)10(15)9-11(16)19-13-14(9)8-6-4-3-5-7-8/h3-7H,2H2,1H3. The summed E-state index contributed by atoms with van der Waals surface area (Å²) < 4.78 is 9.97. The predicted molar refractivity (Wildman–Crippen MR) is 58.4 cm³/mol. The van der Waals surface area contributed by atoms with Crippen LogP contribution >= 0.6 is 0 Å². The van der Waals surface area contributed by atoms with E-state index in [0.717, 1.165) is 4.68 Å². The van der Waals surface area contributed by atoms with Crippen molar-refractivity contribution in [2.75, 3.05) is 6.61 Å². The van der Waals surface area contributed by atoms with Crippen LogP contribution in [0.25, 0.3) is 5.69 Å². The van der Waals surface area contributed by atoms with Crippen LogP contribution in [-0.2, 0) is 9.53 Å². The molecule has 0 bridgehead atoms. The first-order valence-corrected chi connectivity index (χ1v) is 5.51. The molecule has 1 aromatic carbocycles. The molecule has 0 radical (unpaired) electrons. The van der Waals surface area contributed by atoms with Crippen LogP contribution in [0.3, 0.4) is 0 Å². The maximum atomic E-state index is 11.8. The Labute approximate surface area is 108 Å². The topological polar surface area (TPSA) is 96.3 Å². The smallest absolute Gasteiger partial charge is 0.386 e. The van der Waals surface area contributed by atoms with Gasteiger partial charge in [-0.25, -0.2) is 4.79 Å². The Kier molecular flexibility index (Phi) is 3.56. The van der Waals surface area contributed by atoms with Gasteiger partial charge >= 0.3 is 17.4 Å². The van der Waals surface area contributed by atoms with E-state index in [4.69, 9.17) is 0 Å². The SMILES string of the molecule is CCOC(=O)C(=O)c1c([O-])on[n+]1-c1ccccc1. The fourth-order valence-electron chi connectivity index (χ4n) is 1.48. The van der Waals surface area contributed by atoms with E-state index in [-0.39, 0.29) is 6.61 Å². The second-order valence-electron chi connectivity index (χ2n) is 3.51. The van der Waals surface area contributed by atoms with Crippen LogP contribution in [-0.4, -0.2) is 23.6 Å². The minimum atomic E-state index is -1.12. The van der Waals surface area contributed by atoms with Crippen molar-refractivity contribution in [1.29, 1.82) is 0 Å². The monoisotopic (exact) mass is 262 g/mol. The highest BCUT2D eigenvalue weighted by Crippen LogP contribution is 2.11. The highest BCUT2D eigenvalue weighted by Gasteiger charge is 2.33. The lowest BCUT2D eigenvalue weighted by molar-refractivity contribution is -0.672. The zero-order chi connectivity index (χ0) is 13.8. The predicted octanol–water partition coefficient (Wildman–Crippen LogP) is -0.229. The summed E-state index contributed by atoms with van der Waals surface area (Å²) in [5.41, 5.74) is -0.0503. The van der Waals surface area contributed by atoms with Crippen LogP contribution in [0.15, 0.2) is 34.9 Å². The van der Waals surface area contributed by atoms with Crippen molar-refractivity contribution < 1.29 is 28.6 Å². The normalized spacial score (nSPS) is 10.2. The molecule has 0 fully saturated rings. The molecule has 0 aliphatic carbocycles. The summed E-state index contributed by atoms with van der Waals surface area (Å²) in [5.74, 6) is -3.19. The third-order valence-electron chi connectivity index (χ3n) is 2.29. The number of ether oxygens (including phenoxy) is 1. The van der Waals surface area contributed by atoms with Gasteiger partial charge in [-0.3, -0.25) is 4.79 Å². The van der Waals surface area contributed by atoms with E-state index in [9.17, 15) is 14.7 Å². The molecule has 19 heavy (non-hydrogen) atoms. The number of rotatable bonds is 4. The molecule has 98 valence electrons. The molecular formula is C12H10N2O5. The Bertz CT molecular complexity index is 606. The van der Waals surface area contributed by atoms with E-state index in [2.05, 4.69) is 14.5 Å². The van der Waals surface area contributed by atoms with Crippen LogP contribution in [0, 0.1) is 0 Å². The second kappa shape index (κ2) is 5.30. The second-order valence-corrected chi connectivity index (χ2v) is 3.51. The molecule has 0 amide bonds. The number of nitrogens with zero attached hydrogens (tertiary/aromatic N) is 2. The first-order chi connectivity index (χ1) is 9.15. The van der Waals surface area contributed by atoms with Crippen molar-refractivity contribution in [3.8, 4) is 11.6 Å². The van der Waals surface area contributed by atoms with Crippen LogP contribution in [0.1, 0.15) is 17.4 Å². The Balaban J connectivity index is 2.44. The van der Waals surface area contributed by atoms with E-state index in [1.807, 2.05) is 0 Å². The van der Waals surface area contributed by atoms with Crippen molar-refractivity contribution in [2.24, 2.45) is 0 Å². The minimum Gasteiger partial charge on any atom is -0.539 e. The van der Waals surface area contributed by atoms with Crippen LogP contribution in [0.4, 0.5) is 0 Å². The lowest BCUT2D eigenvalue weighted by atomic mass is 10.2. The summed E-state index contributed by atoms with van der Waals surface area (Å²) in [7, 11) is 0. The number of para-hydroxylation sites is 1. The highest BCUT2D eigenvalue weighted by atomic mass is 16.6. The molecule has 0 saturated carbocycles. The van der Waals surface area contributed by atoms with Gasteiger partial charge in [-0.15, -0.1) is 0 Å². The van der Waals surface area contributed by atoms with Crippen LogP contribution < -0.4 is 9.79 Å². The lowest BCUT2D eigenvalue weighted by Crippen LogP contribution is -2.41. The van der Waals surface area contributed by atoms with E-state index < -0.39 is 23.4 Å². The van der Waals surface area contributed by atoms with Crippen molar-refractivity contribution >= 4 is 11.8 Å². The van der Waals surface area contributed by atoms with Crippen molar-refractivity contribution in [3.05, 3.63) is 36.0 Å². The number of aromatic nitrogens is 2. The van der Waals surface area contributed by atoms with Crippen molar-refractivity contribution in [3.63, 3.8) is 0 Å². The zero-order valence-electron chi connectivity index (χ0n) is 10.0. The van der Waals surface area contributed by atoms with Gasteiger partial charge in [-0.1, -0.05) is 18.2 Å². The molecule has 1 heterocycles. The molecule has 0 aliphatic rings. The van der Waals surface area contributed by atoms with Gasteiger partial charge in [0.2, 0.25) is 5.69 Å². The van der Waals surface area contributed by atoms with E-state index >= 15 is 0 Å². The van der Waals surface area contributed by atoms with Gasteiger partial charge in [0.25, 0.3) is 0 Å². The number of Topliss-reactive ketones (excluding diaryl/α,β-unsaturated/α-hetero) is 1. The van der Waals surface area contributed by atoms with Crippen molar-refractivity contribution in [1.82, 2.24) is 5.27 Å². The van der Waals surface area contributed by atoms with Crippen LogP contribution in [0.5, 0.6) is 5.95 Å². The Morgan fingerprint density at radius 1 is 1.37 bits per heavy atom. The fourth-order valence-corrected chi connectivity index (χ4v) is 1.48. The number of ketones is 1. The van der Waals surface area contributed by atoms with Gasteiger partial charge in [0.15, 0.2) is 5.95 Å². The molecule has 0 atom stereocenters. The van der Waals surface area contributed by atoms with Gasteiger partial charge in [0.1, 0.15) is 0 Å². The van der Waals surface area contributed by atoms with E-state index in [1.165, 1.54) is 0 Å². The average molecular weight is 262 g/mol. The number of carbonyl (C=O) groups is 2. The number of hydrogen-bond acceptors (Lipinski definition) is 6. The molecule has 0 unspecified atom stereocenters. The van der Waals surface area contributed by atoms with Gasteiger partial charge in [-0.2, -0.15) is 0 Å². The largest absolute Gasteiger partial charge is 0.539 e. The molecular weight excluding hydrogens is 252 g/mol. The third kappa shape index (κ3) is 2.44. The summed E-state index contributed by atoms with van der Waals surface area (Å²) in [5, 5.41) is 14.9. The van der Waals surface area contributed by atoms with Crippen LogP contribution in [0.2, 0.25) is 0 Å². The Morgan fingerprint density at radius 2 is 2.05 bits per heavy atom. The Hall–Kier alpha value is -2.70. The van der Waals surface area contributed by atoms with Gasteiger partial charge in [-0.05, 0) is 11.6 Å². The van der Waals surface area contributed by atoms with Gasteiger partial charge < -0.3 is 14.4 Å². The maximum Gasteiger partial charge on any atom is 0.386 e. The molecule has 0 aliphatic heterocycles. The summed E-state index contributed by atoms with van der Waals surface area (Å²) in [6.07, 6.45) is 0. The van der Waals surface area contributed by atoms with Gasteiger partial charge in [0, 0.05) is 12.1 Å². The summed E-state index contributed by atoms with van der Waals surface area (Å²) in [6, 6.07) is 8.38. The number of benzene rings is 1. The highest BCUT2D eigenvalue weighted by molar-refractivity contribution is 6.40.